The molecular weight excluding hydrogens is 426 g/mol. The summed E-state index contributed by atoms with van der Waals surface area (Å²) in [5, 5.41) is 13.8. The number of rotatable bonds is 9. The van der Waals surface area contributed by atoms with Gasteiger partial charge in [-0.05, 0) is 24.4 Å². The second-order valence-corrected chi connectivity index (χ2v) is 15.1. The number of hydrogen-bond donors (Lipinski definition) is 2. The number of ether oxygens (including phenoxy) is 1. The number of carbonyl (C=O) groups is 1. The van der Waals surface area contributed by atoms with E-state index in [2.05, 4.69) is 46.5 Å². The highest BCUT2D eigenvalue weighted by molar-refractivity contribution is 6.76. The summed E-state index contributed by atoms with van der Waals surface area (Å²) >= 11 is 0. The molecule has 176 valence electrons. The predicted octanol–water partition coefficient (Wildman–Crippen LogP) is 2.99. The standard InChI is InChI=1S/C21H35N7O3Si/c1-6-15-12-23-28(14-31-9-10-32(3,4)5)19(15)17-11-18(25-20(22)24-17)27-8-7-16(13-27)26(2)21(29)30/h11-12,16H,6-10,13-14H2,1-5H3,(H,29,30)(H2,22,24,25)/t16-/m1/s1. The first kappa shape index (κ1) is 24.0. The van der Waals surface area contributed by atoms with Crippen molar-refractivity contribution < 1.29 is 14.6 Å². The van der Waals surface area contributed by atoms with Crippen molar-refractivity contribution in [2.45, 2.75) is 58.2 Å². The Kier molecular flexibility index (Phi) is 7.39. The first-order valence-electron chi connectivity index (χ1n) is 11.1. The highest BCUT2D eigenvalue weighted by Crippen LogP contribution is 2.29. The SMILES string of the molecule is CCc1cnn(COCC[Si](C)(C)C)c1-c1cc(N2CC[C@@H](N(C)C(=O)O)C2)nc(N)n1. The summed E-state index contributed by atoms with van der Waals surface area (Å²) in [6.45, 7) is 11.4. The Morgan fingerprint density at radius 2 is 2.12 bits per heavy atom. The quantitative estimate of drug-likeness (QED) is 0.432. The molecule has 0 unspecified atom stereocenters. The highest BCUT2D eigenvalue weighted by atomic mass is 28.3. The molecule has 11 heteroatoms. The first-order chi connectivity index (χ1) is 15.1. The second-order valence-electron chi connectivity index (χ2n) is 9.47. The lowest BCUT2D eigenvalue weighted by Gasteiger charge is -2.23. The summed E-state index contributed by atoms with van der Waals surface area (Å²) in [4.78, 5) is 23.6. The summed E-state index contributed by atoms with van der Waals surface area (Å²) in [7, 11) is 0.438. The summed E-state index contributed by atoms with van der Waals surface area (Å²) < 4.78 is 7.76. The average Bonchev–Trinajstić information content (AvgIpc) is 3.36. The van der Waals surface area contributed by atoms with Crippen molar-refractivity contribution in [1.29, 1.82) is 0 Å². The van der Waals surface area contributed by atoms with Crippen molar-refractivity contribution >= 4 is 25.9 Å². The number of nitrogens with two attached hydrogens (primary N) is 1. The van der Waals surface area contributed by atoms with Crippen LogP contribution in [0.25, 0.3) is 11.4 Å². The van der Waals surface area contributed by atoms with Gasteiger partial charge in [0.05, 0.1) is 23.6 Å². The molecule has 0 radical (unpaired) electrons. The molecule has 0 bridgehead atoms. The van der Waals surface area contributed by atoms with Crippen molar-refractivity contribution in [3.8, 4) is 11.4 Å². The van der Waals surface area contributed by atoms with Crippen LogP contribution in [0.4, 0.5) is 16.6 Å². The number of aromatic nitrogens is 4. The predicted molar refractivity (Wildman–Crippen MR) is 128 cm³/mol. The van der Waals surface area contributed by atoms with Gasteiger partial charge in [0.15, 0.2) is 0 Å². The van der Waals surface area contributed by atoms with Gasteiger partial charge in [0.1, 0.15) is 12.5 Å². The third-order valence-corrected chi connectivity index (χ3v) is 7.52. The monoisotopic (exact) mass is 461 g/mol. The van der Waals surface area contributed by atoms with Gasteiger partial charge in [-0.3, -0.25) is 0 Å². The zero-order chi connectivity index (χ0) is 23.5. The van der Waals surface area contributed by atoms with Gasteiger partial charge >= 0.3 is 6.09 Å². The van der Waals surface area contributed by atoms with Gasteiger partial charge in [0.2, 0.25) is 5.95 Å². The highest BCUT2D eigenvalue weighted by Gasteiger charge is 2.29. The number of amides is 1. The molecule has 2 aromatic heterocycles. The molecule has 1 atom stereocenters. The number of nitrogen functional groups attached to an aromatic ring is 1. The zero-order valence-electron chi connectivity index (χ0n) is 19.7. The van der Waals surface area contributed by atoms with Gasteiger partial charge in [0, 0.05) is 40.9 Å². The Balaban J connectivity index is 1.82. The summed E-state index contributed by atoms with van der Waals surface area (Å²) in [6, 6.07) is 2.92. The molecule has 2 aromatic rings. The second kappa shape index (κ2) is 9.86. The third kappa shape index (κ3) is 5.77. The lowest BCUT2D eigenvalue weighted by molar-refractivity contribution is 0.0797. The molecular formula is C21H35N7O3Si. The van der Waals surface area contributed by atoms with Crippen molar-refractivity contribution in [3.63, 3.8) is 0 Å². The van der Waals surface area contributed by atoms with Crippen molar-refractivity contribution in [1.82, 2.24) is 24.6 Å². The van der Waals surface area contributed by atoms with Crippen LogP contribution in [-0.2, 0) is 17.9 Å². The Morgan fingerprint density at radius 1 is 1.38 bits per heavy atom. The number of anilines is 2. The molecule has 1 amide bonds. The van der Waals surface area contributed by atoms with Crippen LogP contribution < -0.4 is 10.6 Å². The van der Waals surface area contributed by atoms with Crippen LogP contribution in [-0.4, -0.2) is 76.7 Å². The van der Waals surface area contributed by atoms with Gasteiger partial charge in [-0.15, -0.1) is 0 Å². The molecule has 0 saturated carbocycles. The van der Waals surface area contributed by atoms with Gasteiger partial charge in [-0.25, -0.2) is 14.5 Å². The van der Waals surface area contributed by atoms with Gasteiger partial charge < -0.3 is 25.4 Å². The fourth-order valence-electron chi connectivity index (χ4n) is 3.76. The Hall–Kier alpha value is -2.66. The fraction of sp³-hybridized carbons (Fsp3) is 0.619. The van der Waals surface area contributed by atoms with Crippen LogP contribution in [0, 0.1) is 0 Å². The minimum atomic E-state index is -1.16. The summed E-state index contributed by atoms with van der Waals surface area (Å²) in [5.41, 5.74) is 8.72. The van der Waals surface area contributed by atoms with Gasteiger partial charge in [0.25, 0.3) is 0 Å². The molecule has 32 heavy (non-hydrogen) atoms. The van der Waals surface area contributed by atoms with E-state index >= 15 is 0 Å². The number of aryl methyl sites for hydroxylation is 1. The zero-order valence-corrected chi connectivity index (χ0v) is 20.7. The Bertz CT molecular complexity index is 944. The number of hydrogen-bond acceptors (Lipinski definition) is 7. The summed E-state index contributed by atoms with van der Waals surface area (Å²) in [6.07, 6.45) is 2.47. The van der Waals surface area contributed by atoms with E-state index in [0.29, 0.717) is 37.9 Å². The lowest BCUT2D eigenvalue weighted by Crippen LogP contribution is -2.38. The largest absolute Gasteiger partial charge is 0.465 e. The molecule has 3 heterocycles. The average molecular weight is 462 g/mol. The molecule has 10 nitrogen and oxygen atoms in total. The van der Waals surface area contributed by atoms with E-state index < -0.39 is 14.2 Å². The number of carboxylic acid groups (broad SMARTS) is 1. The molecule has 0 aliphatic carbocycles. The van der Waals surface area contributed by atoms with E-state index in [1.807, 2.05) is 16.9 Å². The van der Waals surface area contributed by atoms with E-state index in [-0.39, 0.29) is 12.0 Å². The fourth-order valence-corrected chi connectivity index (χ4v) is 4.52. The molecule has 1 fully saturated rings. The van der Waals surface area contributed by atoms with Gasteiger partial charge in [-0.2, -0.15) is 10.1 Å². The van der Waals surface area contributed by atoms with Crippen LogP contribution in [0.15, 0.2) is 12.3 Å². The molecule has 1 aliphatic heterocycles. The minimum Gasteiger partial charge on any atom is -0.465 e. The maximum Gasteiger partial charge on any atom is 0.407 e. The van der Waals surface area contributed by atoms with E-state index in [9.17, 15) is 9.90 Å². The molecule has 1 saturated heterocycles. The van der Waals surface area contributed by atoms with Crippen molar-refractivity contribution in [3.05, 3.63) is 17.8 Å². The minimum absolute atomic E-state index is 0.0800. The topological polar surface area (TPSA) is 123 Å². The van der Waals surface area contributed by atoms with E-state index in [0.717, 1.165) is 30.1 Å². The van der Waals surface area contributed by atoms with E-state index in [1.54, 1.807) is 7.05 Å². The van der Waals surface area contributed by atoms with Crippen LogP contribution >= 0.6 is 0 Å². The molecule has 3 N–H and O–H groups in total. The van der Waals surface area contributed by atoms with Crippen LogP contribution in [0.2, 0.25) is 25.7 Å². The van der Waals surface area contributed by atoms with E-state index in [1.165, 1.54) is 4.90 Å². The van der Waals surface area contributed by atoms with Crippen LogP contribution in [0.1, 0.15) is 18.9 Å². The first-order valence-corrected chi connectivity index (χ1v) is 14.8. The Labute approximate surface area is 190 Å². The van der Waals surface area contributed by atoms with Gasteiger partial charge in [-0.1, -0.05) is 26.6 Å². The maximum atomic E-state index is 11.3. The molecule has 0 spiro atoms. The molecule has 3 rings (SSSR count). The normalized spacial score (nSPS) is 16.5. The maximum absolute atomic E-state index is 11.3. The van der Waals surface area contributed by atoms with Crippen LogP contribution in [0.3, 0.4) is 0 Å². The summed E-state index contributed by atoms with van der Waals surface area (Å²) in [5.74, 6) is 0.880. The van der Waals surface area contributed by atoms with Crippen molar-refractivity contribution in [2.24, 2.45) is 0 Å². The number of likely N-dealkylation sites (N-methyl/N-ethyl adjacent to an activating group) is 1. The molecule has 0 aromatic carbocycles. The third-order valence-electron chi connectivity index (χ3n) is 5.82. The molecule has 1 aliphatic rings. The van der Waals surface area contributed by atoms with Crippen molar-refractivity contribution in [2.75, 3.05) is 37.4 Å². The van der Waals surface area contributed by atoms with E-state index in [4.69, 9.17) is 10.5 Å². The Morgan fingerprint density at radius 3 is 2.78 bits per heavy atom. The lowest BCUT2D eigenvalue weighted by atomic mass is 10.1. The number of nitrogens with zero attached hydrogens (tertiary/aromatic N) is 6. The smallest absolute Gasteiger partial charge is 0.407 e. The van der Waals surface area contributed by atoms with Crippen LogP contribution in [0.5, 0.6) is 0 Å².